The summed E-state index contributed by atoms with van der Waals surface area (Å²) in [7, 11) is -4.12. The van der Waals surface area contributed by atoms with Crippen molar-refractivity contribution in [2.45, 2.75) is 43.4 Å². The Morgan fingerprint density at radius 1 is 1.25 bits per heavy atom. The van der Waals surface area contributed by atoms with Crippen molar-refractivity contribution < 1.29 is 12.6 Å². The number of hydrogen-bond acceptors (Lipinski definition) is 4. The van der Waals surface area contributed by atoms with Crippen LogP contribution in [0.2, 0.25) is 0 Å². The topological polar surface area (TPSA) is 77.2 Å². The third kappa shape index (κ3) is 4.93. The molecule has 0 spiro atoms. The van der Waals surface area contributed by atoms with Gasteiger partial charge in [0.05, 0.1) is 5.75 Å². The average molecular weight is 267 g/mol. The molecule has 0 saturated heterocycles. The molecule has 6 heteroatoms. The zero-order valence-electron chi connectivity index (χ0n) is 9.72. The molecule has 0 aromatic rings. The molecule has 4 nitrogen and oxygen atoms in total. The van der Waals surface area contributed by atoms with E-state index in [1.165, 1.54) is 6.26 Å². The van der Waals surface area contributed by atoms with Crippen molar-refractivity contribution in [1.82, 2.24) is 0 Å². The summed E-state index contributed by atoms with van der Waals surface area (Å²) in [6, 6.07) is -0.0251. The van der Waals surface area contributed by atoms with Gasteiger partial charge in [0.2, 0.25) is 0 Å². The van der Waals surface area contributed by atoms with E-state index in [1.807, 2.05) is 0 Å². The van der Waals surface area contributed by atoms with Crippen LogP contribution in [0, 0.1) is 0 Å². The van der Waals surface area contributed by atoms with Crippen LogP contribution in [0.4, 0.5) is 0 Å². The zero-order chi connectivity index (χ0) is 12.2. The second-order valence-corrected chi connectivity index (χ2v) is 8.59. The molecule has 1 saturated carbocycles. The van der Waals surface area contributed by atoms with Crippen molar-refractivity contribution >= 4 is 20.6 Å². The van der Waals surface area contributed by atoms with Gasteiger partial charge < -0.3 is 5.73 Å². The zero-order valence-corrected chi connectivity index (χ0v) is 11.4. The molecular weight excluding hydrogens is 246 g/mol. The van der Waals surface area contributed by atoms with Crippen LogP contribution in [0.25, 0.3) is 0 Å². The first-order chi connectivity index (χ1) is 7.40. The first-order valence-electron chi connectivity index (χ1n) is 5.70. The van der Waals surface area contributed by atoms with E-state index in [0.29, 0.717) is 0 Å². The molecule has 0 radical (unpaired) electrons. The molecule has 0 aromatic heterocycles. The van der Waals surface area contributed by atoms with Crippen LogP contribution >= 0.6 is 0 Å². The highest BCUT2D eigenvalue weighted by molar-refractivity contribution is 7.92. The molecule has 0 aromatic carbocycles. The lowest BCUT2D eigenvalue weighted by molar-refractivity contribution is 0.574. The van der Waals surface area contributed by atoms with E-state index in [1.54, 1.807) is 0 Å². The van der Waals surface area contributed by atoms with E-state index in [4.69, 9.17) is 5.73 Å². The van der Waals surface area contributed by atoms with Crippen LogP contribution in [0.5, 0.6) is 0 Å². The van der Waals surface area contributed by atoms with Gasteiger partial charge in [0.25, 0.3) is 0 Å². The fraction of sp³-hybridized carbons (Fsp3) is 1.00. The molecule has 1 aliphatic carbocycles. The van der Waals surface area contributed by atoms with Crippen LogP contribution in [0.3, 0.4) is 0 Å². The number of rotatable bonds is 4. The summed E-state index contributed by atoms with van der Waals surface area (Å²) in [5, 5.41) is -0.00995. The molecule has 2 N–H and O–H groups in total. The quantitative estimate of drug-likeness (QED) is 0.750. The Morgan fingerprint density at radius 3 is 2.50 bits per heavy atom. The predicted molar refractivity (Wildman–Crippen MR) is 67.6 cm³/mol. The molecule has 16 heavy (non-hydrogen) atoms. The molecule has 1 fully saturated rings. The maximum Gasteiger partial charge on any atom is 0.148 e. The van der Waals surface area contributed by atoms with Gasteiger partial charge in [0.1, 0.15) is 9.84 Å². The Hall–Kier alpha value is 0.0600. The fourth-order valence-corrected chi connectivity index (χ4v) is 5.14. The summed E-state index contributed by atoms with van der Waals surface area (Å²) in [6.07, 6.45) is 6.27. The first-order valence-corrected chi connectivity index (χ1v) is 9.15. The molecule has 3 atom stereocenters. The van der Waals surface area contributed by atoms with E-state index >= 15 is 0 Å². The lowest BCUT2D eigenvalue weighted by atomic mass is 10.1. The third-order valence-electron chi connectivity index (χ3n) is 3.00. The predicted octanol–water partition coefficient (Wildman–Crippen LogP) is 0.440. The van der Waals surface area contributed by atoms with Gasteiger partial charge in [-0.3, -0.25) is 4.21 Å². The van der Waals surface area contributed by atoms with Crippen molar-refractivity contribution in [3.63, 3.8) is 0 Å². The Labute approximate surface area is 100 Å². The van der Waals surface area contributed by atoms with Gasteiger partial charge in [-0.15, -0.1) is 0 Å². The summed E-state index contributed by atoms with van der Waals surface area (Å²) in [5.74, 6) is 0.236. The molecule has 0 aliphatic heterocycles. The van der Waals surface area contributed by atoms with E-state index < -0.39 is 20.6 Å². The Kier molecular flexibility index (Phi) is 5.40. The summed E-state index contributed by atoms with van der Waals surface area (Å²) >= 11 is 0. The van der Waals surface area contributed by atoms with Crippen molar-refractivity contribution in [1.29, 1.82) is 0 Å². The largest absolute Gasteiger partial charge is 0.327 e. The van der Waals surface area contributed by atoms with E-state index in [0.717, 1.165) is 32.1 Å². The maximum atomic E-state index is 12.0. The van der Waals surface area contributed by atoms with Gasteiger partial charge in [-0.2, -0.15) is 0 Å². The van der Waals surface area contributed by atoms with Gasteiger partial charge in [-0.1, -0.05) is 19.3 Å². The van der Waals surface area contributed by atoms with Crippen LogP contribution in [0.15, 0.2) is 0 Å². The van der Waals surface area contributed by atoms with Crippen LogP contribution < -0.4 is 5.73 Å². The van der Waals surface area contributed by atoms with Gasteiger partial charge in [0, 0.05) is 34.1 Å². The average Bonchev–Trinajstić information content (AvgIpc) is 2.38. The molecule has 1 rings (SSSR count). The molecule has 0 heterocycles. The van der Waals surface area contributed by atoms with Crippen molar-refractivity contribution in [2.75, 3.05) is 17.8 Å². The minimum absolute atomic E-state index is 0.00281. The smallest absolute Gasteiger partial charge is 0.148 e. The number of hydrogen-bond donors (Lipinski definition) is 1. The Morgan fingerprint density at radius 2 is 1.88 bits per heavy atom. The van der Waals surface area contributed by atoms with E-state index in [9.17, 15) is 12.6 Å². The molecule has 1 aliphatic rings. The molecule has 0 bridgehead atoms. The van der Waals surface area contributed by atoms with Gasteiger partial charge in [-0.05, 0) is 12.8 Å². The molecule has 0 amide bonds. The van der Waals surface area contributed by atoms with Gasteiger partial charge in [-0.25, -0.2) is 8.42 Å². The maximum absolute atomic E-state index is 12.0. The monoisotopic (exact) mass is 267 g/mol. The molecular formula is C10H21NO3S2. The molecule has 96 valence electrons. The lowest BCUT2D eigenvalue weighted by Gasteiger charge is -2.20. The third-order valence-corrected chi connectivity index (χ3v) is 6.07. The summed E-state index contributed by atoms with van der Waals surface area (Å²) in [5.41, 5.74) is 5.98. The summed E-state index contributed by atoms with van der Waals surface area (Å²) in [4.78, 5) is 0. The van der Waals surface area contributed by atoms with Crippen molar-refractivity contribution in [2.24, 2.45) is 5.73 Å². The van der Waals surface area contributed by atoms with Crippen molar-refractivity contribution in [3.8, 4) is 0 Å². The van der Waals surface area contributed by atoms with Crippen LogP contribution in [-0.2, 0) is 20.6 Å². The van der Waals surface area contributed by atoms with Crippen molar-refractivity contribution in [3.05, 3.63) is 0 Å². The van der Waals surface area contributed by atoms with Crippen LogP contribution in [-0.4, -0.2) is 41.7 Å². The SMILES string of the molecule is CS(=O)(=O)CCS(=O)C1CCCCCC1N. The first kappa shape index (κ1) is 14.1. The molecule has 3 unspecified atom stereocenters. The summed E-state index contributed by atoms with van der Waals surface area (Å²) < 4.78 is 34.0. The van der Waals surface area contributed by atoms with E-state index in [2.05, 4.69) is 0 Å². The second kappa shape index (κ2) is 6.12. The van der Waals surface area contributed by atoms with Gasteiger partial charge >= 0.3 is 0 Å². The normalized spacial score (nSPS) is 29.6. The van der Waals surface area contributed by atoms with Crippen LogP contribution in [0.1, 0.15) is 32.1 Å². The van der Waals surface area contributed by atoms with Gasteiger partial charge in [0.15, 0.2) is 0 Å². The lowest BCUT2D eigenvalue weighted by Crippen LogP contribution is -2.38. The van der Waals surface area contributed by atoms with E-state index in [-0.39, 0.29) is 22.8 Å². The highest BCUT2D eigenvalue weighted by atomic mass is 32.2. The summed E-state index contributed by atoms with van der Waals surface area (Å²) in [6.45, 7) is 0. The Bertz CT molecular complexity index is 340. The fourth-order valence-electron chi connectivity index (χ4n) is 2.01. The minimum Gasteiger partial charge on any atom is -0.327 e. The standard InChI is InChI=1S/C10H21NO3S2/c1-16(13,14)8-7-15(12)10-6-4-2-3-5-9(10)11/h9-10H,2-8,11H2,1H3. The highest BCUT2D eigenvalue weighted by Crippen LogP contribution is 2.21. The highest BCUT2D eigenvalue weighted by Gasteiger charge is 2.26. The number of sulfone groups is 1. The minimum atomic E-state index is -3.02. The second-order valence-electron chi connectivity index (χ2n) is 4.56. The number of nitrogens with two attached hydrogens (primary N) is 1. The Balaban J connectivity index is 2.51.